The van der Waals surface area contributed by atoms with Gasteiger partial charge in [-0.25, -0.2) is 8.42 Å². The molecule has 7 heteroatoms. The molecule has 0 saturated carbocycles. The lowest BCUT2D eigenvalue weighted by molar-refractivity contribution is 0.601. The number of hydrogen-bond acceptors (Lipinski definition) is 3. The van der Waals surface area contributed by atoms with Gasteiger partial charge in [-0.2, -0.15) is 5.10 Å². The molecule has 0 bridgehead atoms. The van der Waals surface area contributed by atoms with Gasteiger partial charge in [-0.05, 0) is 24.6 Å². The van der Waals surface area contributed by atoms with Crippen molar-refractivity contribution in [1.82, 2.24) is 9.78 Å². The minimum absolute atomic E-state index is 0.0421. The fraction of sp³-hybridized carbons (Fsp3) is 0.182. The van der Waals surface area contributed by atoms with E-state index < -0.39 is 10.0 Å². The summed E-state index contributed by atoms with van der Waals surface area (Å²) >= 11 is 5.94. The van der Waals surface area contributed by atoms with Crippen molar-refractivity contribution >= 4 is 27.4 Å². The Bertz CT molecular complexity index is 679. The third-order valence-electron chi connectivity index (χ3n) is 2.33. The summed E-state index contributed by atoms with van der Waals surface area (Å²) in [6.45, 7) is 1.84. The van der Waals surface area contributed by atoms with Crippen LogP contribution in [0.4, 0.5) is 5.82 Å². The second kappa shape index (κ2) is 4.62. The molecular weight excluding hydrogens is 274 g/mol. The molecule has 0 aliphatic heterocycles. The summed E-state index contributed by atoms with van der Waals surface area (Å²) in [6, 6.07) is 6.34. The minimum atomic E-state index is -3.71. The van der Waals surface area contributed by atoms with E-state index in [-0.39, 0.29) is 15.7 Å². The zero-order valence-corrected chi connectivity index (χ0v) is 11.5. The Labute approximate surface area is 110 Å². The number of halogens is 1. The van der Waals surface area contributed by atoms with Gasteiger partial charge < -0.3 is 0 Å². The summed E-state index contributed by atoms with van der Waals surface area (Å²) in [4.78, 5) is 0.0421. The number of anilines is 1. The Morgan fingerprint density at radius 1 is 1.33 bits per heavy atom. The van der Waals surface area contributed by atoms with Crippen molar-refractivity contribution in [2.24, 2.45) is 7.05 Å². The van der Waals surface area contributed by atoms with Gasteiger partial charge >= 0.3 is 0 Å². The number of aromatic nitrogens is 2. The van der Waals surface area contributed by atoms with Crippen molar-refractivity contribution in [3.05, 3.63) is 41.0 Å². The third-order valence-corrected chi connectivity index (χ3v) is 4.17. The van der Waals surface area contributed by atoms with Crippen LogP contribution < -0.4 is 4.72 Å². The SMILES string of the molecule is Cc1ccc(S(=O)(=O)Nc2ccn(C)n2)c(Cl)c1. The Balaban J connectivity index is 2.36. The summed E-state index contributed by atoms with van der Waals surface area (Å²) in [7, 11) is -2.00. The van der Waals surface area contributed by atoms with E-state index in [1.165, 1.54) is 10.7 Å². The van der Waals surface area contributed by atoms with Crippen LogP contribution in [-0.2, 0) is 17.1 Å². The summed E-state index contributed by atoms with van der Waals surface area (Å²) in [5.41, 5.74) is 0.900. The molecule has 2 aromatic rings. The Kier molecular flexibility index (Phi) is 3.32. The fourth-order valence-electron chi connectivity index (χ4n) is 1.49. The molecule has 18 heavy (non-hydrogen) atoms. The molecule has 96 valence electrons. The highest BCUT2D eigenvalue weighted by molar-refractivity contribution is 7.92. The first kappa shape index (κ1) is 12.9. The van der Waals surface area contributed by atoms with Gasteiger partial charge in [0.25, 0.3) is 10.0 Å². The molecule has 0 spiro atoms. The molecule has 2 rings (SSSR count). The smallest absolute Gasteiger partial charge is 0.264 e. The fourth-order valence-corrected chi connectivity index (χ4v) is 3.08. The summed E-state index contributed by atoms with van der Waals surface area (Å²) in [5, 5.41) is 4.14. The number of rotatable bonds is 3. The van der Waals surface area contributed by atoms with Crippen molar-refractivity contribution in [3.63, 3.8) is 0 Å². The molecule has 0 aliphatic rings. The molecule has 1 aromatic carbocycles. The zero-order chi connectivity index (χ0) is 13.3. The highest BCUT2D eigenvalue weighted by atomic mass is 35.5. The summed E-state index contributed by atoms with van der Waals surface area (Å²) in [5.74, 6) is 0.258. The maximum atomic E-state index is 12.1. The van der Waals surface area contributed by atoms with Gasteiger partial charge in [0, 0.05) is 19.3 Å². The highest BCUT2D eigenvalue weighted by Crippen LogP contribution is 2.24. The number of hydrogen-bond donors (Lipinski definition) is 1. The van der Waals surface area contributed by atoms with Gasteiger partial charge in [-0.15, -0.1) is 0 Å². The quantitative estimate of drug-likeness (QED) is 0.940. The second-order valence-corrected chi connectivity index (χ2v) is 5.97. The number of benzene rings is 1. The normalized spacial score (nSPS) is 11.5. The molecule has 1 heterocycles. The van der Waals surface area contributed by atoms with Gasteiger partial charge in [0.2, 0.25) is 0 Å². The first-order valence-electron chi connectivity index (χ1n) is 5.17. The minimum Gasteiger partial charge on any atom is -0.274 e. The highest BCUT2D eigenvalue weighted by Gasteiger charge is 2.18. The van der Waals surface area contributed by atoms with Gasteiger partial charge in [0.05, 0.1) is 5.02 Å². The van der Waals surface area contributed by atoms with Gasteiger partial charge in [-0.1, -0.05) is 17.7 Å². The van der Waals surface area contributed by atoms with Crippen LogP contribution in [0, 0.1) is 6.92 Å². The molecule has 1 aromatic heterocycles. The first-order chi connectivity index (χ1) is 8.38. The maximum Gasteiger partial charge on any atom is 0.264 e. The van der Waals surface area contributed by atoms with Crippen LogP contribution in [0.25, 0.3) is 0 Å². The molecule has 0 atom stereocenters. The van der Waals surface area contributed by atoms with Crippen LogP contribution in [0.3, 0.4) is 0 Å². The van der Waals surface area contributed by atoms with Crippen LogP contribution in [0.1, 0.15) is 5.56 Å². The van der Waals surface area contributed by atoms with Crippen LogP contribution >= 0.6 is 11.6 Å². The Morgan fingerprint density at radius 3 is 2.61 bits per heavy atom. The van der Waals surface area contributed by atoms with Crippen molar-refractivity contribution in [2.45, 2.75) is 11.8 Å². The first-order valence-corrected chi connectivity index (χ1v) is 7.03. The topological polar surface area (TPSA) is 64.0 Å². The van der Waals surface area contributed by atoms with Gasteiger partial charge in [0.15, 0.2) is 5.82 Å². The van der Waals surface area contributed by atoms with E-state index in [1.54, 1.807) is 31.4 Å². The van der Waals surface area contributed by atoms with Crippen LogP contribution in [0.15, 0.2) is 35.4 Å². The van der Waals surface area contributed by atoms with Crippen LogP contribution in [0.2, 0.25) is 5.02 Å². The molecule has 5 nitrogen and oxygen atoms in total. The largest absolute Gasteiger partial charge is 0.274 e. The maximum absolute atomic E-state index is 12.1. The zero-order valence-electron chi connectivity index (χ0n) is 9.88. The summed E-state index contributed by atoms with van der Waals surface area (Å²) in [6.07, 6.45) is 1.65. The average Bonchev–Trinajstić information content (AvgIpc) is 2.62. The van der Waals surface area contributed by atoms with E-state index in [2.05, 4.69) is 9.82 Å². The van der Waals surface area contributed by atoms with Crippen molar-refractivity contribution < 1.29 is 8.42 Å². The van der Waals surface area contributed by atoms with E-state index in [0.29, 0.717) is 0 Å². The molecule has 0 amide bonds. The van der Waals surface area contributed by atoms with Gasteiger partial charge in [0.1, 0.15) is 4.90 Å². The molecule has 0 saturated heterocycles. The molecule has 0 unspecified atom stereocenters. The number of nitrogens with zero attached hydrogens (tertiary/aromatic N) is 2. The van der Waals surface area contributed by atoms with Crippen LogP contribution in [0.5, 0.6) is 0 Å². The predicted molar refractivity (Wildman–Crippen MR) is 70.2 cm³/mol. The standard InChI is InChI=1S/C11H12ClN3O2S/c1-8-3-4-10(9(12)7-8)18(16,17)14-11-5-6-15(2)13-11/h3-7H,1-2H3,(H,13,14). The Hall–Kier alpha value is -1.53. The molecule has 0 aliphatic carbocycles. The monoisotopic (exact) mass is 285 g/mol. The third kappa shape index (κ3) is 2.65. The van der Waals surface area contributed by atoms with E-state index in [4.69, 9.17) is 11.6 Å². The number of nitrogens with one attached hydrogen (secondary N) is 1. The molecular formula is C11H12ClN3O2S. The number of aryl methyl sites for hydroxylation is 2. The lowest BCUT2D eigenvalue weighted by Crippen LogP contribution is -2.14. The van der Waals surface area contributed by atoms with Crippen molar-refractivity contribution in [2.75, 3.05) is 4.72 Å². The van der Waals surface area contributed by atoms with Crippen molar-refractivity contribution in [3.8, 4) is 0 Å². The van der Waals surface area contributed by atoms with Crippen molar-refractivity contribution in [1.29, 1.82) is 0 Å². The summed E-state index contributed by atoms with van der Waals surface area (Å²) < 4.78 is 28.1. The van der Waals surface area contributed by atoms with Gasteiger partial charge in [-0.3, -0.25) is 9.40 Å². The predicted octanol–water partition coefficient (Wildman–Crippen LogP) is 2.18. The van der Waals surface area contributed by atoms with E-state index in [1.807, 2.05) is 6.92 Å². The number of sulfonamides is 1. The van der Waals surface area contributed by atoms with Crippen LogP contribution in [-0.4, -0.2) is 18.2 Å². The second-order valence-electron chi connectivity index (χ2n) is 3.91. The molecule has 1 N–H and O–H groups in total. The molecule has 0 radical (unpaired) electrons. The van der Waals surface area contributed by atoms with E-state index in [0.717, 1.165) is 5.56 Å². The van der Waals surface area contributed by atoms with E-state index >= 15 is 0 Å². The average molecular weight is 286 g/mol. The Morgan fingerprint density at radius 2 is 2.06 bits per heavy atom. The van der Waals surface area contributed by atoms with E-state index in [9.17, 15) is 8.42 Å². The lowest BCUT2D eigenvalue weighted by atomic mass is 10.2. The lowest BCUT2D eigenvalue weighted by Gasteiger charge is -2.07. The molecule has 0 fully saturated rings.